The van der Waals surface area contributed by atoms with Crippen LogP contribution in [-0.4, -0.2) is 44.9 Å². The fourth-order valence-electron chi connectivity index (χ4n) is 4.74. The number of rotatable bonds is 13. The number of hydrogen-bond donors (Lipinski definition) is 0. The summed E-state index contributed by atoms with van der Waals surface area (Å²) in [6.07, 6.45) is 3.14. The zero-order valence-electron chi connectivity index (χ0n) is 22.4. The van der Waals surface area contributed by atoms with Crippen molar-refractivity contribution in [2.45, 2.75) is 73.5 Å². The molecule has 0 atom stereocenters. The number of benzene rings is 2. The minimum absolute atomic E-state index is 0.157. The highest BCUT2D eigenvalue weighted by Gasteiger charge is 2.24. The van der Waals surface area contributed by atoms with Crippen LogP contribution in [0.15, 0.2) is 36.4 Å². The molecule has 3 rings (SSSR count). The first-order chi connectivity index (χ1) is 17.3. The van der Waals surface area contributed by atoms with Crippen LogP contribution in [-0.2, 0) is 19.6 Å². The van der Waals surface area contributed by atoms with E-state index >= 15 is 0 Å². The molecule has 196 valence electrons. The van der Waals surface area contributed by atoms with E-state index in [1.807, 2.05) is 13.8 Å². The summed E-state index contributed by atoms with van der Waals surface area (Å²) in [5, 5.41) is 0. The first-order valence-electron chi connectivity index (χ1n) is 13.2. The van der Waals surface area contributed by atoms with Gasteiger partial charge in [-0.05, 0) is 74.2 Å². The normalized spacial score (nSPS) is 11.7. The minimum atomic E-state index is -0.717. The third-order valence-corrected chi connectivity index (χ3v) is 6.19. The Morgan fingerprint density at radius 3 is 2.33 bits per heavy atom. The Balaban J connectivity index is 1.96. The second kappa shape index (κ2) is 12.9. The molecule has 0 aliphatic carbocycles. The van der Waals surface area contributed by atoms with Crippen LogP contribution in [0.25, 0.3) is 11.0 Å². The maximum Gasteiger partial charge on any atom is 0.257 e. The van der Waals surface area contributed by atoms with Crippen molar-refractivity contribution < 1.29 is 13.6 Å². The summed E-state index contributed by atoms with van der Waals surface area (Å²) in [6, 6.07) is 9.43. The van der Waals surface area contributed by atoms with Crippen LogP contribution in [0, 0.1) is 17.6 Å². The van der Waals surface area contributed by atoms with E-state index < -0.39 is 17.5 Å². The maximum atomic E-state index is 14.4. The van der Waals surface area contributed by atoms with E-state index in [0.29, 0.717) is 6.54 Å². The van der Waals surface area contributed by atoms with Crippen LogP contribution in [0.5, 0.6) is 0 Å². The number of imidazole rings is 1. The molecule has 0 unspecified atom stereocenters. The molecule has 36 heavy (non-hydrogen) atoms. The maximum absolute atomic E-state index is 14.4. The fourth-order valence-corrected chi connectivity index (χ4v) is 4.74. The number of fused-ring (bicyclic) bond motifs is 1. The third-order valence-electron chi connectivity index (χ3n) is 6.19. The molecular formula is C29H40F2N4O. The first-order valence-corrected chi connectivity index (χ1v) is 13.2. The largest absolute Gasteiger partial charge is 0.331 e. The molecule has 0 radical (unpaired) electrons. The van der Waals surface area contributed by atoms with E-state index in [-0.39, 0.29) is 18.0 Å². The van der Waals surface area contributed by atoms with E-state index in [1.165, 1.54) is 5.56 Å². The number of aromatic nitrogens is 2. The number of halogens is 2. The lowest BCUT2D eigenvalue weighted by molar-refractivity contribution is 0.0711. The van der Waals surface area contributed by atoms with Gasteiger partial charge in [0.1, 0.15) is 17.5 Å². The standard InChI is InChI=1S/C29H40F2N4O/c1-6-13-33(14-7-2)19-22-9-12-27-26(16-22)32-28(35(27)15-8-3)20-34(18-21(4)5)29(36)24-17-23(30)10-11-25(24)31/h9-12,16-17,21H,6-8,13-15,18-20H2,1-5H3. The SMILES string of the molecule is CCCN(CCC)Cc1ccc2c(c1)nc(CN(CC(C)C)C(=O)c1cc(F)ccc1F)n2CCC. The van der Waals surface area contributed by atoms with Crippen molar-refractivity contribution >= 4 is 16.9 Å². The van der Waals surface area contributed by atoms with Crippen molar-refractivity contribution in [1.82, 2.24) is 19.4 Å². The number of carbonyl (C=O) groups is 1. The van der Waals surface area contributed by atoms with Crippen molar-refractivity contribution in [2.24, 2.45) is 5.92 Å². The molecule has 2 aromatic carbocycles. The van der Waals surface area contributed by atoms with Crippen molar-refractivity contribution in [2.75, 3.05) is 19.6 Å². The van der Waals surface area contributed by atoms with Crippen molar-refractivity contribution in [3.63, 3.8) is 0 Å². The van der Waals surface area contributed by atoms with Crippen molar-refractivity contribution in [3.8, 4) is 0 Å². The van der Waals surface area contributed by atoms with Crippen LogP contribution in [0.4, 0.5) is 8.78 Å². The Hall–Kier alpha value is -2.80. The number of carbonyl (C=O) groups excluding carboxylic acids is 1. The van der Waals surface area contributed by atoms with Crippen LogP contribution >= 0.6 is 0 Å². The highest BCUT2D eigenvalue weighted by molar-refractivity contribution is 5.94. The smallest absolute Gasteiger partial charge is 0.257 e. The van der Waals surface area contributed by atoms with E-state index in [1.54, 1.807) is 4.90 Å². The highest BCUT2D eigenvalue weighted by Crippen LogP contribution is 2.23. The van der Waals surface area contributed by atoms with Crippen LogP contribution in [0.2, 0.25) is 0 Å². The number of hydrogen-bond acceptors (Lipinski definition) is 3. The molecule has 0 bridgehead atoms. The van der Waals surface area contributed by atoms with Gasteiger partial charge in [0.25, 0.3) is 5.91 Å². The summed E-state index contributed by atoms with van der Waals surface area (Å²) < 4.78 is 30.4. The molecule has 0 aliphatic heterocycles. The van der Waals surface area contributed by atoms with Gasteiger partial charge in [-0.15, -0.1) is 0 Å². The summed E-state index contributed by atoms with van der Waals surface area (Å²) in [4.78, 5) is 22.3. The molecule has 7 heteroatoms. The number of nitrogens with zero attached hydrogens (tertiary/aromatic N) is 4. The molecular weight excluding hydrogens is 458 g/mol. The lowest BCUT2D eigenvalue weighted by Crippen LogP contribution is -2.35. The summed E-state index contributed by atoms with van der Waals surface area (Å²) >= 11 is 0. The molecule has 0 fully saturated rings. The van der Waals surface area contributed by atoms with E-state index in [9.17, 15) is 13.6 Å². The van der Waals surface area contributed by atoms with Gasteiger partial charge in [-0.1, -0.05) is 40.7 Å². The predicted molar refractivity (Wildman–Crippen MR) is 142 cm³/mol. The summed E-state index contributed by atoms with van der Waals surface area (Å²) in [5.74, 6) is -0.954. The molecule has 5 nitrogen and oxygen atoms in total. The zero-order chi connectivity index (χ0) is 26.2. The molecule has 0 N–H and O–H groups in total. The van der Waals surface area contributed by atoms with Gasteiger partial charge in [0, 0.05) is 19.6 Å². The monoisotopic (exact) mass is 498 g/mol. The van der Waals surface area contributed by atoms with Gasteiger partial charge in [0.05, 0.1) is 23.1 Å². The molecule has 1 aromatic heterocycles. The van der Waals surface area contributed by atoms with E-state index in [2.05, 4.69) is 48.4 Å². The van der Waals surface area contributed by atoms with Gasteiger partial charge in [-0.25, -0.2) is 13.8 Å². The van der Waals surface area contributed by atoms with Crippen LogP contribution < -0.4 is 0 Å². The molecule has 0 saturated heterocycles. The highest BCUT2D eigenvalue weighted by atomic mass is 19.1. The quantitative estimate of drug-likeness (QED) is 0.265. The summed E-state index contributed by atoms with van der Waals surface area (Å²) in [5.41, 5.74) is 2.90. The van der Waals surface area contributed by atoms with Gasteiger partial charge in [-0.2, -0.15) is 0 Å². The summed E-state index contributed by atoms with van der Waals surface area (Å²) in [7, 11) is 0. The second-order valence-electron chi connectivity index (χ2n) is 9.98. The summed E-state index contributed by atoms with van der Waals surface area (Å²) in [6.45, 7) is 14.9. The Morgan fingerprint density at radius 2 is 1.69 bits per heavy atom. The lowest BCUT2D eigenvalue weighted by atomic mass is 10.1. The predicted octanol–water partition coefficient (Wildman–Crippen LogP) is 6.64. The van der Waals surface area contributed by atoms with Gasteiger partial charge in [0.15, 0.2) is 0 Å². The molecule has 1 amide bonds. The average Bonchev–Trinajstić information content (AvgIpc) is 3.16. The van der Waals surface area contributed by atoms with Crippen LogP contribution in [0.1, 0.15) is 75.6 Å². The fraction of sp³-hybridized carbons (Fsp3) is 0.517. The van der Waals surface area contributed by atoms with Gasteiger partial charge in [0.2, 0.25) is 0 Å². The van der Waals surface area contributed by atoms with Crippen molar-refractivity contribution in [3.05, 3.63) is 65.0 Å². The lowest BCUT2D eigenvalue weighted by Gasteiger charge is -2.25. The Bertz CT molecular complexity index is 1150. The average molecular weight is 499 g/mol. The minimum Gasteiger partial charge on any atom is -0.331 e. The first kappa shape index (κ1) is 27.8. The molecule has 3 aromatic rings. The van der Waals surface area contributed by atoms with E-state index in [0.717, 1.165) is 80.5 Å². The third kappa shape index (κ3) is 6.90. The van der Waals surface area contributed by atoms with Gasteiger partial charge in [-0.3, -0.25) is 9.69 Å². The van der Waals surface area contributed by atoms with Crippen molar-refractivity contribution in [1.29, 1.82) is 0 Å². The Kier molecular flexibility index (Phi) is 9.99. The molecule has 0 saturated carbocycles. The zero-order valence-corrected chi connectivity index (χ0v) is 22.4. The van der Waals surface area contributed by atoms with Gasteiger partial charge < -0.3 is 9.47 Å². The number of amides is 1. The molecule has 0 spiro atoms. The molecule has 1 heterocycles. The Labute approximate surface area is 214 Å². The number of aryl methyl sites for hydroxylation is 1. The second-order valence-corrected chi connectivity index (χ2v) is 9.98. The topological polar surface area (TPSA) is 41.4 Å². The molecule has 0 aliphatic rings. The van der Waals surface area contributed by atoms with Gasteiger partial charge >= 0.3 is 0 Å². The van der Waals surface area contributed by atoms with E-state index in [4.69, 9.17) is 4.98 Å². The Morgan fingerprint density at radius 1 is 0.972 bits per heavy atom. The van der Waals surface area contributed by atoms with Crippen LogP contribution in [0.3, 0.4) is 0 Å².